The van der Waals surface area contributed by atoms with E-state index in [1.807, 2.05) is 0 Å². The predicted molar refractivity (Wildman–Crippen MR) is 108 cm³/mol. The molecule has 0 bridgehead atoms. The highest BCUT2D eigenvalue weighted by Crippen LogP contribution is 2.35. The molecule has 0 aliphatic heterocycles. The van der Waals surface area contributed by atoms with E-state index in [0.29, 0.717) is 5.92 Å². The first-order valence-corrected chi connectivity index (χ1v) is 13.0. The van der Waals surface area contributed by atoms with Crippen molar-refractivity contribution in [1.82, 2.24) is 4.98 Å². The summed E-state index contributed by atoms with van der Waals surface area (Å²) in [5.41, 5.74) is 5.42. The largest absolute Gasteiger partial charge is 0.256 e. The van der Waals surface area contributed by atoms with Crippen molar-refractivity contribution in [2.24, 2.45) is 0 Å². The maximum Gasteiger partial charge on any atom is 0.0799 e. The Morgan fingerprint density at radius 3 is 2.38 bits per heavy atom. The highest BCUT2D eigenvalue weighted by atomic mass is 28.3. The van der Waals surface area contributed by atoms with Gasteiger partial charge in [0.25, 0.3) is 0 Å². The fourth-order valence-electron chi connectivity index (χ4n) is 3.94. The van der Waals surface area contributed by atoms with Gasteiger partial charge in [-0.15, -0.1) is 0 Å². The van der Waals surface area contributed by atoms with Crippen LogP contribution in [0.25, 0.3) is 11.3 Å². The molecule has 1 fully saturated rings. The topological polar surface area (TPSA) is 12.9 Å². The van der Waals surface area contributed by atoms with Gasteiger partial charge in [-0.1, -0.05) is 64.5 Å². The summed E-state index contributed by atoms with van der Waals surface area (Å²) >= 11 is 0. The third kappa shape index (κ3) is 3.64. The zero-order valence-electron chi connectivity index (χ0n) is 15.9. The molecule has 2 aromatic rings. The van der Waals surface area contributed by atoms with Crippen LogP contribution in [0.1, 0.15) is 62.5 Å². The van der Waals surface area contributed by atoms with Gasteiger partial charge in [0, 0.05) is 11.8 Å². The molecular weight excluding hydrogens is 306 g/mol. The summed E-state index contributed by atoms with van der Waals surface area (Å²) in [6.45, 7) is 11.8. The molecular formula is C22H31NSi. The minimum absolute atomic E-state index is 0.548. The van der Waals surface area contributed by atoms with Crippen LogP contribution in [0.2, 0.25) is 19.6 Å². The third-order valence-electron chi connectivity index (χ3n) is 5.37. The number of hydrogen-bond donors (Lipinski definition) is 0. The number of aromatic nitrogens is 1. The molecule has 128 valence electrons. The number of benzene rings is 1. The molecule has 3 rings (SSSR count). The first kappa shape index (κ1) is 17.4. The zero-order chi connectivity index (χ0) is 17.3. The molecule has 0 N–H and O–H groups in total. The van der Waals surface area contributed by atoms with E-state index in [9.17, 15) is 0 Å². The van der Waals surface area contributed by atoms with Crippen molar-refractivity contribution in [2.75, 3.05) is 0 Å². The summed E-state index contributed by atoms with van der Waals surface area (Å²) in [5.74, 6) is 1.31. The van der Waals surface area contributed by atoms with Crippen molar-refractivity contribution >= 4 is 13.3 Å². The van der Waals surface area contributed by atoms with Gasteiger partial charge >= 0.3 is 0 Å². The molecule has 0 amide bonds. The van der Waals surface area contributed by atoms with Gasteiger partial charge in [-0.2, -0.15) is 0 Å². The lowest BCUT2D eigenvalue weighted by atomic mass is 9.94. The number of rotatable bonds is 4. The summed E-state index contributed by atoms with van der Waals surface area (Å²) in [4.78, 5) is 4.86. The molecule has 1 aromatic carbocycles. The van der Waals surface area contributed by atoms with Gasteiger partial charge in [0.05, 0.1) is 13.8 Å². The van der Waals surface area contributed by atoms with E-state index in [-0.39, 0.29) is 0 Å². The Balaban J connectivity index is 2.00. The number of hydrogen-bond acceptors (Lipinski definition) is 1. The Morgan fingerprint density at radius 2 is 1.75 bits per heavy atom. The molecule has 1 heterocycles. The molecule has 0 saturated heterocycles. The van der Waals surface area contributed by atoms with Gasteiger partial charge in [0.1, 0.15) is 0 Å². The van der Waals surface area contributed by atoms with Crippen molar-refractivity contribution < 1.29 is 0 Å². The monoisotopic (exact) mass is 337 g/mol. The van der Waals surface area contributed by atoms with E-state index >= 15 is 0 Å². The van der Waals surface area contributed by atoms with Crippen LogP contribution < -0.4 is 5.19 Å². The van der Waals surface area contributed by atoms with Gasteiger partial charge in [-0.25, -0.2) is 0 Å². The van der Waals surface area contributed by atoms with Crippen molar-refractivity contribution in [3.63, 3.8) is 0 Å². The molecule has 1 aliphatic carbocycles. The van der Waals surface area contributed by atoms with Crippen molar-refractivity contribution in [3.8, 4) is 11.3 Å². The minimum atomic E-state index is -1.36. The number of pyridine rings is 1. The standard InChI is InChI=1S/C22H31NSi/c1-16(2)20-14-21(23-15-22(20)24(3,4)5)19-12-8-11-18(13-19)17-9-6-7-10-17/h8,11-17H,6-7,9-10H2,1-5H3. The van der Waals surface area contributed by atoms with E-state index in [4.69, 9.17) is 4.98 Å². The molecule has 0 spiro atoms. The summed E-state index contributed by atoms with van der Waals surface area (Å²) in [6.07, 6.45) is 7.63. The minimum Gasteiger partial charge on any atom is -0.256 e. The van der Waals surface area contributed by atoms with Gasteiger partial charge in [0.2, 0.25) is 0 Å². The summed E-state index contributed by atoms with van der Waals surface area (Å²) in [5, 5.41) is 1.51. The van der Waals surface area contributed by atoms with Crippen LogP contribution in [-0.4, -0.2) is 13.1 Å². The summed E-state index contributed by atoms with van der Waals surface area (Å²) in [6, 6.07) is 11.5. The van der Waals surface area contributed by atoms with Gasteiger partial charge in [-0.05, 0) is 53.1 Å². The lowest BCUT2D eigenvalue weighted by Crippen LogP contribution is -2.40. The lowest BCUT2D eigenvalue weighted by Gasteiger charge is -2.23. The Kier molecular flexibility index (Phi) is 4.96. The fraction of sp³-hybridized carbons (Fsp3) is 0.500. The van der Waals surface area contributed by atoms with E-state index < -0.39 is 8.07 Å². The van der Waals surface area contributed by atoms with Crippen LogP contribution in [0.15, 0.2) is 36.5 Å². The van der Waals surface area contributed by atoms with Crippen molar-refractivity contribution in [2.45, 2.75) is 71.0 Å². The second-order valence-corrected chi connectivity index (χ2v) is 13.7. The Labute approximate surface area is 148 Å². The summed E-state index contributed by atoms with van der Waals surface area (Å²) < 4.78 is 0. The Morgan fingerprint density at radius 1 is 1.04 bits per heavy atom. The second kappa shape index (κ2) is 6.83. The maximum atomic E-state index is 4.86. The molecule has 2 heteroatoms. The van der Waals surface area contributed by atoms with Crippen molar-refractivity contribution in [3.05, 3.63) is 47.7 Å². The van der Waals surface area contributed by atoms with E-state index in [0.717, 1.165) is 11.6 Å². The fourth-order valence-corrected chi connectivity index (χ4v) is 5.62. The van der Waals surface area contributed by atoms with Crippen LogP contribution in [-0.2, 0) is 0 Å². The smallest absolute Gasteiger partial charge is 0.0799 e. The maximum absolute atomic E-state index is 4.86. The second-order valence-electron chi connectivity index (χ2n) is 8.67. The molecule has 1 aliphatic rings. The van der Waals surface area contributed by atoms with Crippen LogP contribution in [0.5, 0.6) is 0 Å². The molecule has 0 unspecified atom stereocenters. The summed E-state index contributed by atoms with van der Waals surface area (Å²) in [7, 11) is -1.36. The molecule has 0 atom stereocenters. The Bertz CT molecular complexity index is 706. The normalized spacial score (nSPS) is 16.1. The van der Waals surface area contributed by atoms with Crippen LogP contribution in [0.3, 0.4) is 0 Å². The average molecular weight is 338 g/mol. The first-order valence-electron chi connectivity index (χ1n) is 9.47. The lowest BCUT2D eigenvalue weighted by molar-refractivity contribution is 0.723. The number of nitrogens with zero attached hydrogens (tertiary/aromatic N) is 1. The molecule has 1 aromatic heterocycles. The molecule has 0 radical (unpaired) electrons. The molecule has 1 saturated carbocycles. The molecule has 24 heavy (non-hydrogen) atoms. The average Bonchev–Trinajstić information content (AvgIpc) is 3.08. The van der Waals surface area contributed by atoms with Crippen LogP contribution in [0, 0.1) is 0 Å². The highest BCUT2D eigenvalue weighted by molar-refractivity contribution is 6.89. The predicted octanol–water partition coefficient (Wildman–Crippen LogP) is 6.07. The van der Waals surface area contributed by atoms with Gasteiger partial charge in [0.15, 0.2) is 0 Å². The van der Waals surface area contributed by atoms with Crippen LogP contribution >= 0.6 is 0 Å². The quantitative estimate of drug-likeness (QED) is 0.617. The third-order valence-corrected chi connectivity index (χ3v) is 7.41. The van der Waals surface area contributed by atoms with Crippen LogP contribution in [0.4, 0.5) is 0 Å². The molecule has 1 nitrogen and oxygen atoms in total. The van der Waals surface area contributed by atoms with Gasteiger partial charge < -0.3 is 0 Å². The van der Waals surface area contributed by atoms with E-state index in [1.54, 1.807) is 0 Å². The van der Waals surface area contributed by atoms with E-state index in [2.05, 4.69) is 70.0 Å². The first-order chi connectivity index (χ1) is 11.4. The van der Waals surface area contributed by atoms with Gasteiger partial charge in [-0.3, -0.25) is 4.98 Å². The van der Waals surface area contributed by atoms with Crippen molar-refractivity contribution in [1.29, 1.82) is 0 Å². The SMILES string of the molecule is CC(C)c1cc(-c2cccc(C3CCCC3)c2)ncc1[Si](C)(C)C. The van der Waals surface area contributed by atoms with E-state index in [1.165, 1.54) is 47.6 Å². The zero-order valence-corrected chi connectivity index (χ0v) is 16.9. The highest BCUT2D eigenvalue weighted by Gasteiger charge is 2.23. The Hall–Kier alpha value is -1.41.